The van der Waals surface area contributed by atoms with Crippen LogP contribution >= 0.6 is 0 Å². The second kappa shape index (κ2) is 7.58. The lowest BCUT2D eigenvalue weighted by molar-refractivity contribution is 0.184. The van der Waals surface area contributed by atoms with Crippen LogP contribution in [0.25, 0.3) is 0 Å². The van der Waals surface area contributed by atoms with Crippen LogP contribution < -0.4 is 4.90 Å². The first-order chi connectivity index (χ1) is 12.2. The van der Waals surface area contributed by atoms with E-state index in [1.54, 1.807) is 0 Å². The molecule has 2 aliphatic heterocycles. The molecule has 0 N–H and O–H groups in total. The minimum atomic E-state index is 0.606. The van der Waals surface area contributed by atoms with Gasteiger partial charge in [0.25, 0.3) is 0 Å². The SMILES string of the molecule is CCN1CC2CCC(C1)N2c1ncc(CN(C)C2CCCCC2)cn1. The van der Waals surface area contributed by atoms with Crippen LogP contribution in [0.3, 0.4) is 0 Å². The van der Waals surface area contributed by atoms with Crippen LogP contribution in [-0.2, 0) is 6.54 Å². The quantitative estimate of drug-likeness (QED) is 0.821. The van der Waals surface area contributed by atoms with Crippen LogP contribution in [0, 0.1) is 0 Å². The van der Waals surface area contributed by atoms with Crippen LogP contribution in [0.1, 0.15) is 57.4 Å². The standard InChI is InChI=1S/C20H33N5/c1-3-24-14-18-9-10-19(15-24)25(18)20-21-11-16(12-22-20)13-23(2)17-7-5-4-6-8-17/h11-12,17-19H,3-10,13-15H2,1-2H3. The van der Waals surface area contributed by atoms with Gasteiger partial charge < -0.3 is 4.90 Å². The molecule has 3 heterocycles. The van der Waals surface area contributed by atoms with Gasteiger partial charge in [-0.15, -0.1) is 0 Å². The molecule has 2 bridgehead atoms. The van der Waals surface area contributed by atoms with Crippen LogP contribution in [-0.4, -0.2) is 64.6 Å². The summed E-state index contributed by atoms with van der Waals surface area (Å²) in [5, 5.41) is 0. The Morgan fingerprint density at radius 3 is 2.24 bits per heavy atom. The van der Waals surface area contributed by atoms with E-state index in [1.165, 1.54) is 63.6 Å². The molecule has 0 amide bonds. The highest BCUT2D eigenvalue weighted by atomic mass is 15.4. The van der Waals surface area contributed by atoms with Gasteiger partial charge in [0.05, 0.1) is 0 Å². The highest BCUT2D eigenvalue weighted by molar-refractivity contribution is 5.37. The van der Waals surface area contributed by atoms with Crippen LogP contribution in [0.15, 0.2) is 12.4 Å². The Morgan fingerprint density at radius 2 is 1.64 bits per heavy atom. The predicted octanol–water partition coefficient (Wildman–Crippen LogP) is 2.91. The molecule has 0 aromatic carbocycles. The van der Waals surface area contributed by atoms with E-state index in [2.05, 4.69) is 41.1 Å². The zero-order valence-electron chi connectivity index (χ0n) is 15.9. The van der Waals surface area contributed by atoms with E-state index in [1.807, 2.05) is 0 Å². The van der Waals surface area contributed by atoms with Crippen LogP contribution in [0.5, 0.6) is 0 Å². The van der Waals surface area contributed by atoms with E-state index >= 15 is 0 Å². The molecule has 3 aliphatic rings. The van der Waals surface area contributed by atoms with Gasteiger partial charge >= 0.3 is 0 Å². The highest BCUT2D eigenvalue weighted by Gasteiger charge is 2.40. The van der Waals surface area contributed by atoms with E-state index in [9.17, 15) is 0 Å². The number of anilines is 1. The third-order valence-electron chi connectivity index (χ3n) is 6.56. The molecule has 2 saturated heterocycles. The number of aromatic nitrogens is 2. The topological polar surface area (TPSA) is 35.5 Å². The molecule has 1 aromatic heterocycles. The first-order valence-electron chi connectivity index (χ1n) is 10.3. The van der Waals surface area contributed by atoms with Crippen molar-refractivity contribution in [1.82, 2.24) is 19.8 Å². The number of likely N-dealkylation sites (N-methyl/N-ethyl adjacent to an activating group) is 1. The maximum atomic E-state index is 4.76. The minimum absolute atomic E-state index is 0.606. The fraction of sp³-hybridized carbons (Fsp3) is 0.800. The van der Waals surface area contributed by atoms with Crippen molar-refractivity contribution in [2.45, 2.75) is 76.5 Å². The van der Waals surface area contributed by atoms with Gasteiger partial charge in [-0.2, -0.15) is 0 Å². The maximum absolute atomic E-state index is 4.76. The summed E-state index contributed by atoms with van der Waals surface area (Å²) in [6.07, 6.45) is 13.6. The van der Waals surface area contributed by atoms with Gasteiger partial charge in [0.2, 0.25) is 5.95 Å². The van der Waals surface area contributed by atoms with Gasteiger partial charge in [-0.25, -0.2) is 9.97 Å². The monoisotopic (exact) mass is 343 g/mol. The van der Waals surface area contributed by atoms with E-state index in [0.29, 0.717) is 12.1 Å². The molecule has 1 aromatic rings. The van der Waals surface area contributed by atoms with Crippen molar-refractivity contribution < 1.29 is 0 Å². The Hall–Kier alpha value is -1.20. The lowest BCUT2D eigenvalue weighted by atomic mass is 9.94. The van der Waals surface area contributed by atoms with Crippen molar-refractivity contribution >= 4 is 5.95 Å². The smallest absolute Gasteiger partial charge is 0.225 e. The van der Waals surface area contributed by atoms with Crippen molar-refractivity contribution in [2.75, 3.05) is 31.6 Å². The fourth-order valence-corrected chi connectivity index (χ4v) is 5.08. The molecule has 5 heteroatoms. The third-order valence-corrected chi connectivity index (χ3v) is 6.56. The van der Waals surface area contributed by atoms with Crippen molar-refractivity contribution in [2.24, 2.45) is 0 Å². The molecular weight excluding hydrogens is 310 g/mol. The number of nitrogens with zero attached hydrogens (tertiary/aromatic N) is 5. The summed E-state index contributed by atoms with van der Waals surface area (Å²) in [7, 11) is 2.26. The summed E-state index contributed by atoms with van der Waals surface area (Å²) in [5.74, 6) is 0.951. The molecule has 0 spiro atoms. The van der Waals surface area contributed by atoms with Crippen molar-refractivity contribution in [3.05, 3.63) is 18.0 Å². The van der Waals surface area contributed by atoms with E-state index in [4.69, 9.17) is 9.97 Å². The first kappa shape index (κ1) is 17.2. The lowest BCUT2D eigenvalue weighted by Gasteiger charge is -2.40. The summed E-state index contributed by atoms with van der Waals surface area (Å²) < 4.78 is 0. The Labute approximate surface area is 152 Å². The number of fused-ring (bicyclic) bond motifs is 2. The maximum Gasteiger partial charge on any atom is 0.225 e. The number of hydrogen-bond donors (Lipinski definition) is 0. The van der Waals surface area contributed by atoms with Gasteiger partial charge in [0, 0.05) is 55.7 Å². The molecule has 1 saturated carbocycles. The molecule has 25 heavy (non-hydrogen) atoms. The van der Waals surface area contributed by atoms with Crippen LogP contribution in [0.4, 0.5) is 5.95 Å². The highest BCUT2D eigenvalue weighted by Crippen LogP contribution is 2.32. The summed E-state index contributed by atoms with van der Waals surface area (Å²) in [6.45, 7) is 6.74. The molecule has 5 nitrogen and oxygen atoms in total. The second-order valence-corrected chi connectivity index (χ2v) is 8.24. The number of likely N-dealkylation sites (tertiary alicyclic amines) is 1. The van der Waals surface area contributed by atoms with Gasteiger partial charge in [-0.05, 0) is 39.3 Å². The summed E-state index contributed by atoms with van der Waals surface area (Å²) in [5.41, 5.74) is 1.25. The molecule has 2 atom stereocenters. The third kappa shape index (κ3) is 3.68. The normalized spacial score (nSPS) is 28.0. The number of rotatable bonds is 5. The molecular formula is C20H33N5. The van der Waals surface area contributed by atoms with Gasteiger partial charge in [-0.1, -0.05) is 26.2 Å². The van der Waals surface area contributed by atoms with Crippen molar-refractivity contribution in [3.8, 4) is 0 Å². The van der Waals surface area contributed by atoms with Gasteiger partial charge in [0.1, 0.15) is 0 Å². The summed E-state index contributed by atoms with van der Waals surface area (Å²) in [4.78, 5) is 17.1. The number of piperazine rings is 1. The van der Waals surface area contributed by atoms with Crippen LogP contribution in [0.2, 0.25) is 0 Å². The average molecular weight is 344 g/mol. The molecule has 0 radical (unpaired) electrons. The van der Waals surface area contributed by atoms with Gasteiger partial charge in [-0.3, -0.25) is 9.80 Å². The Balaban J connectivity index is 1.39. The Kier molecular flexibility index (Phi) is 5.23. The number of hydrogen-bond acceptors (Lipinski definition) is 5. The molecule has 3 fully saturated rings. The Bertz CT molecular complexity index is 540. The largest absolute Gasteiger partial charge is 0.332 e. The van der Waals surface area contributed by atoms with Crippen molar-refractivity contribution in [1.29, 1.82) is 0 Å². The second-order valence-electron chi connectivity index (χ2n) is 8.24. The van der Waals surface area contributed by atoms with E-state index < -0.39 is 0 Å². The summed E-state index contributed by atoms with van der Waals surface area (Å²) in [6, 6.07) is 1.95. The molecule has 4 rings (SSSR count). The summed E-state index contributed by atoms with van der Waals surface area (Å²) >= 11 is 0. The first-order valence-corrected chi connectivity index (χ1v) is 10.3. The predicted molar refractivity (Wildman–Crippen MR) is 102 cm³/mol. The molecule has 1 aliphatic carbocycles. The average Bonchev–Trinajstić information content (AvgIpc) is 2.92. The minimum Gasteiger partial charge on any atom is -0.332 e. The van der Waals surface area contributed by atoms with E-state index in [-0.39, 0.29) is 0 Å². The Morgan fingerprint density at radius 1 is 1.00 bits per heavy atom. The van der Waals surface area contributed by atoms with Crippen molar-refractivity contribution in [3.63, 3.8) is 0 Å². The molecule has 138 valence electrons. The zero-order valence-corrected chi connectivity index (χ0v) is 15.9. The van der Waals surface area contributed by atoms with E-state index in [0.717, 1.165) is 25.1 Å². The van der Waals surface area contributed by atoms with Gasteiger partial charge in [0.15, 0.2) is 0 Å². The fourth-order valence-electron chi connectivity index (χ4n) is 5.08. The zero-order chi connectivity index (χ0) is 17.2. The molecule has 2 unspecified atom stereocenters. The lowest BCUT2D eigenvalue weighted by Crippen LogP contribution is -2.54.